The number of amides is 1. The van der Waals surface area contributed by atoms with Gasteiger partial charge in [0.25, 0.3) is 0 Å². The van der Waals surface area contributed by atoms with E-state index >= 15 is 0 Å². The van der Waals surface area contributed by atoms with Gasteiger partial charge in [-0.3, -0.25) is 9.10 Å². The lowest BCUT2D eigenvalue weighted by Gasteiger charge is -2.29. The zero-order chi connectivity index (χ0) is 20.9. The van der Waals surface area contributed by atoms with Crippen LogP contribution in [0.15, 0.2) is 48.5 Å². The van der Waals surface area contributed by atoms with Crippen molar-refractivity contribution in [2.75, 3.05) is 35.6 Å². The summed E-state index contributed by atoms with van der Waals surface area (Å²) in [5.41, 5.74) is 1.26. The van der Waals surface area contributed by atoms with E-state index in [1.807, 2.05) is 42.3 Å². The number of carbonyl (C=O) groups is 1. The molecule has 0 bridgehead atoms. The molecule has 2 rings (SSSR count). The third-order valence-electron chi connectivity index (χ3n) is 4.13. The van der Waals surface area contributed by atoms with Crippen molar-refractivity contribution in [2.45, 2.75) is 13.0 Å². The van der Waals surface area contributed by atoms with Crippen molar-refractivity contribution in [1.82, 2.24) is 5.32 Å². The Hall–Kier alpha value is -1.96. The molecule has 0 saturated heterocycles. The molecule has 0 aliphatic carbocycles. The van der Waals surface area contributed by atoms with Crippen molar-refractivity contribution < 1.29 is 13.2 Å². The SMILES string of the molecule is C[C@@H](C(=O)NCCN(C)c1ccccc1)N(c1cc(Cl)cc(Cl)c1)S(C)(=O)=O. The quantitative estimate of drug-likeness (QED) is 0.678. The average molecular weight is 444 g/mol. The van der Waals surface area contributed by atoms with Crippen molar-refractivity contribution in [3.05, 3.63) is 58.6 Å². The number of halogens is 2. The zero-order valence-corrected chi connectivity index (χ0v) is 18.2. The minimum Gasteiger partial charge on any atom is -0.373 e. The van der Waals surface area contributed by atoms with Crippen LogP contribution in [0.5, 0.6) is 0 Å². The number of hydrogen-bond donors (Lipinski definition) is 1. The van der Waals surface area contributed by atoms with Gasteiger partial charge in [0.05, 0.1) is 11.9 Å². The molecule has 0 radical (unpaired) electrons. The minimum absolute atomic E-state index is 0.240. The molecule has 9 heteroatoms. The fourth-order valence-electron chi connectivity index (χ4n) is 2.78. The number of anilines is 2. The number of carbonyl (C=O) groups excluding carboxylic acids is 1. The Labute approximate surface area is 176 Å². The predicted octanol–water partition coefficient (Wildman–Crippen LogP) is 3.40. The van der Waals surface area contributed by atoms with Gasteiger partial charge in [-0.05, 0) is 37.3 Å². The lowest BCUT2D eigenvalue weighted by Crippen LogP contribution is -2.49. The normalized spacial score (nSPS) is 12.3. The van der Waals surface area contributed by atoms with Crippen LogP contribution in [0, 0.1) is 0 Å². The fraction of sp³-hybridized carbons (Fsp3) is 0.316. The smallest absolute Gasteiger partial charge is 0.243 e. The maximum atomic E-state index is 12.6. The predicted molar refractivity (Wildman–Crippen MR) is 116 cm³/mol. The van der Waals surface area contributed by atoms with Gasteiger partial charge >= 0.3 is 0 Å². The van der Waals surface area contributed by atoms with Crippen molar-refractivity contribution in [1.29, 1.82) is 0 Å². The summed E-state index contributed by atoms with van der Waals surface area (Å²) in [6.45, 7) is 2.46. The summed E-state index contributed by atoms with van der Waals surface area (Å²) in [6.07, 6.45) is 1.04. The average Bonchev–Trinajstić information content (AvgIpc) is 2.60. The summed E-state index contributed by atoms with van der Waals surface area (Å²) in [6, 6.07) is 13.2. The molecule has 2 aromatic rings. The summed E-state index contributed by atoms with van der Waals surface area (Å²) in [4.78, 5) is 14.6. The van der Waals surface area contributed by atoms with E-state index in [2.05, 4.69) is 5.32 Å². The summed E-state index contributed by atoms with van der Waals surface area (Å²) in [5, 5.41) is 3.35. The maximum absolute atomic E-state index is 12.6. The Balaban J connectivity index is 2.07. The van der Waals surface area contributed by atoms with Gasteiger partial charge in [0, 0.05) is 35.9 Å². The second-order valence-corrected chi connectivity index (χ2v) is 9.14. The first-order valence-electron chi connectivity index (χ1n) is 8.59. The number of nitrogens with one attached hydrogen (secondary N) is 1. The van der Waals surface area contributed by atoms with Gasteiger partial charge in [0.2, 0.25) is 15.9 Å². The molecule has 0 heterocycles. The van der Waals surface area contributed by atoms with E-state index in [1.165, 1.54) is 25.1 Å². The van der Waals surface area contributed by atoms with E-state index in [0.29, 0.717) is 13.1 Å². The van der Waals surface area contributed by atoms with Crippen LogP contribution >= 0.6 is 23.2 Å². The number of benzene rings is 2. The van der Waals surface area contributed by atoms with Gasteiger partial charge in [-0.2, -0.15) is 0 Å². The van der Waals surface area contributed by atoms with Crippen LogP contribution in [-0.4, -0.2) is 46.8 Å². The van der Waals surface area contributed by atoms with Gasteiger partial charge in [0.15, 0.2) is 0 Å². The van der Waals surface area contributed by atoms with Crippen molar-refractivity contribution in [3.63, 3.8) is 0 Å². The summed E-state index contributed by atoms with van der Waals surface area (Å²) in [5.74, 6) is -0.414. The molecule has 0 unspecified atom stereocenters. The summed E-state index contributed by atoms with van der Waals surface area (Å²) in [7, 11) is -1.82. The Bertz CT molecular complexity index is 903. The third-order valence-corrected chi connectivity index (χ3v) is 5.81. The van der Waals surface area contributed by atoms with E-state index in [0.717, 1.165) is 16.2 Å². The highest BCUT2D eigenvalue weighted by Gasteiger charge is 2.29. The van der Waals surface area contributed by atoms with Crippen LogP contribution in [0.4, 0.5) is 11.4 Å². The molecule has 1 amide bonds. The first-order chi connectivity index (χ1) is 13.1. The van der Waals surface area contributed by atoms with Crippen LogP contribution < -0.4 is 14.5 Å². The Morgan fingerprint density at radius 1 is 1.07 bits per heavy atom. The molecule has 1 N–H and O–H groups in total. The molecule has 0 saturated carbocycles. The van der Waals surface area contributed by atoms with E-state index < -0.39 is 22.0 Å². The Kier molecular flexibility index (Phi) is 7.57. The molecule has 1 atom stereocenters. The molecule has 2 aromatic carbocycles. The number of likely N-dealkylation sites (N-methyl/N-ethyl adjacent to an activating group) is 1. The molecule has 0 aromatic heterocycles. The van der Waals surface area contributed by atoms with E-state index in [-0.39, 0.29) is 15.7 Å². The molecular weight excluding hydrogens is 421 g/mol. The highest BCUT2D eigenvalue weighted by atomic mass is 35.5. The number of hydrogen-bond acceptors (Lipinski definition) is 4. The van der Waals surface area contributed by atoms with Gasteiger partial charge in [-0.15, -0.1) is 0 Å². The zero-order valence-electron chi connectivity index (χ0n) is 15.9. The van der Waals surface area contributed by atoms with E-state index in [9.17, 15) is 13.2 Å². The van der Waals surface area contributed by atoms with E-state index in [4.69, 9.17) is 23.2 Å². The topological polar surface area (TPSA) is 69.7 Å². The molecule has 0 spiro atoms. The van der Waals surface area contributed by atoms with E-state index in [1.54, 1.807) is 0 Å². The van der Waals surface area contributed by atoms with Crippen LogP contribution in [0.25, 0.3) is 0 Å². The highest BCUT2D eigenvalue weighted by molar-refractivity contribution is 7.92. The summed E-state index contributed by atoms with van der Waals surface area (Å²) < 4.78 is 25.7. The second kappa shape index (κ2) is 9.49. The van der Waals surface area contributed by atoms with Crippen LogP contribution in [0.2, 0.25) is 10.0 Å². The molecular formula is C19H23Cl2N3O3S. The van der Waals surface area contributed by atoms with Crippen LogP contribution in [-0.2, 0) is 14.8 Å². The Morgan fingerprint density at radius 3 is 2.18 bits per heavy atom. The standard InChI is InChI=1S/C19H23Cl2N3O3S/c1-14(19(25)22-9-10-23(2)17-7-5-4-6-8-17)24(28(3,26)27)18-12-15(20)11-16(21)13-18/h4-8,11-14H,9-10H2,1-3H3,(H,22,25)/t14-/m0/s1. The second-order valence-electron chi connectivity index (χ2n) is 6.41. The van der Waals surface area contributed by atoms with Crippen LogP contribution in [0.3, 0.4) is 0 Å². The van der Waals surface area contributed by atoms with Crippen LogP contribution in [0.1, 0.15) is 6.92 Å². The lowest BCUT2D eigenvalue weighted by molar-refractivity contribution is -0.121. The fourth-order valence-corrected chi connectivity index (χ4v) is 4.45. The van der Waals surface area contributed by atoms with Gasteiger partial charge in [0.1, 0.15) is 6.04 Å². The third kappa shape index (κ3) is 6.02. The number of rotatable bonds is 8. The maximum Gasteiger partial charge on any atom is 0.243 e. The molecule has 0 aliphatic rings. The van der Waals surface area contributed by atoms with Gasteiger partial charge < -0.3 is 10.2 Å². The van der Waals surface area contributed by atoms with Crippen molar-refractivity contribution >= 4 is 50.5 Å². The Morgan fingerprint density at radius 2 is 1.64 bits per heavy atom. The summed E-state index contributed by atoms with van der Waals surface area (Å²) >= 11 is 12.0. The van der Waals surface area contributed by atoms with Crippen molar-refractivity contribution in [2.24, 2.45) is 0 Å². The molecule has 6 nitrogen and oxygen atoms in total. The minimum atomic E-state index is -3.74. The highest BCUT2D eigenvalue weighted by Crippen LogP contribution is 2.28. The molecule has 28 heavy (non-hydrogen) atoms. The largest absolute Gasteiger partial charge is 0.373 e. The molecule has 0 aliphatic heterocycles. The van der Waals surface area contributed by atoms with Crippen molar-refractivity contribution in [3.8, 4) is 0 Å². The first kappa shape index (κ1) is 22.3. The monoisotopic (exact) mass is 443 g/mol. The van der Waals surface area contributed by atoms with Gasteiger partial charge in [-0.1, -0.05) is 41.4 Å². The number of sulfonamides is 1. The first-order valence-corrected chi connectivity index (χ1v) is 11.2. The lowest BCUT2D eigenvalue weighted by atomic mass is 10.2. The molecule has 152 valence electrons. The molecule has 0 fully saturated rings. The number of para-hydroxylation sites is 1. The number of nitrogens with zero attached hydrogens (tertiary/aromatic N) is 2. The van der Waals surface area contributed by atoms with Gasteiger partial charge in [-0.25, -0.2) is 8.42 Å².